The Balaban J connectivity index is 1.53. The molecule has 3 amide bonds. The first-order valence-electron chi connectivity index (χ1n) is 11.2. The van der Waals surface area contributed by atoms with Gasteiger partial charge in [0.1, 0.15) is 5.00 Å². The monoisotopic (exact) mass is 520 g/mol. The highest BCUT2D eigenvalue weighted by Crippen LogP contribution is 2.37. The maximum absolute atomic E-state index is 13.0. The van der Waals surface area contributed by atoms with E-state index in [0.717, 1.165) is 10.4 Å². The summed E-state index contributed by atoms with van der Waals surface area (Å²) in [4.78, 5) is 39.4. The third-order valence-corrected chi connectivity index (χ3v) is 9.09. The third kappa shape index (κ3) is 5.10. The first-order valence-corrected chi connectivity index (χ1v) is 13.5. The van der Waals surface area contributed by atoms with Crippen molar-refractivity contribution in [2.75, 3.05) is 25.0 Å². The Hall–Kier alpha value is -2.80. The summed E-state index contributed by atoms with van der Waals surface area (Å²) in [5.74, 6) is -1.21. The van der Waals surface area contributed by atoms with Gasteiger partial charge in [-0.1, -0.05) is 0 Å². The highest BCUT2D eigenvalue weighted by Gasteiger charge is 2.32. The fourth-order valence-corrected chi connectivity index (χ4v) is 7.30. The lowest BCUT2D eigenvalue weighted by atomic mass is 10.0. The Morgan fingerprint density at radius 1 is 1.11 bits per heavy atom. The lowest BCUT2D eigenvalue weighted by Gasteiger charge is -2.34. The second-order valence-electron chi connectivity index (χ2n) is 8.82. The molecule has 2 aliphatic heterocycles. The Labute approximate surface area is 208 Å². The molecule has 0 aliphatic carbocycles. The molecule has 35 heavy (non-hydrogen) atoms. The zero-order chi connectivity index (χ0) is 25.5. The Kier molecular flexibility index (Phi) is 7.00. The SMILES string of the molecule is CC(=O)N1CCc2c(sc(NC(=O)c3ccc(S(=O)(=O)N4C[C@H](C)O[C@@H](C)C4)cc3)c2C(N)=O)C1. The van der Waals surface area contributed by atoms with Crippen LogP contribution < -0.4 is 11.1 Å². The summed E-state index contributed by atoms with van der Waals surface area (Å²) in [6.45, 7) is 6.49. The highest BCUT2D eigenvalue weighted by atomic mass is 32.2. The molecule has 4 rings (SSSR count). The van der Waals surface area contributed by atoms with Crippen LogP contribution in [0.4, 0.5) is 5.00 Å². The van der Waals surface area contributed by atoms with Gasteiger partial charge >= 0.3 is 0 Å². The lowest BCUT2D eigenvalue weighted by molar-refractivity contribution is -0.129. The van der Waals surface area contributed by atoms with Gasteiger partial charge in [-0.3, -0.25) is 14.4 Å². The average Bonchev–Trinajstić information content (AvgIpc) is 3.15. The number of carbonyl (C=O) groups is 3. The third-order valence-electron chi connectivity index (χ3n) is 6.12. The summed E-state index contributed by atoms with van der Waals surface area (Å²) < 4.78 is 33.1. The van der Waals surface area contributed by atoms with Crippen LogP contribution in [0.15, 0.2) is 29.2 Å². The van der Waals surface area contributed by atoms with Crippen molar-refractivity contribution in [1.82, 2.24) is 9.21 Å². The number of ether oxygens (including phenoxy) is 1. The molecule has 1 fully saturated rings. The highest BCUT2D eigenvalue weighted by molar-refractivity contribution is 7.89. The van der Waals surface area contributed by atoms with Gasteiger partial charge in [-0.05, 0) is 50.1 Å². The van der Waals surface area contributed by atoms with E-state index in [1.807, 2.05) is 13.8 Å². The van der Waals surface area contributed by atoms with Crippen LogP contribution in [-0.4, -0.2) is 67.2 Å². The molecule has 1 aromatic carbocycles. The minimum absolute atomic E-state index is 0.0636. The van der Waals surface area contributed by atoms with Crippen molar-refractivity contribution in [3.63, 3.8) is 0 Å². The van der Waals surface area contributed by atoms with Crippen LogP contribution in [0.3, 0.4) is 0 Å². The van der Waals surface area contributed by atoms with E-state index in [1.54, 1.807) is 4.90 Å². The number of sulfonamides is 1. The van der Waals surface area contributed by atoms with Crippen molar-refractivity contribution in [3.05, 3.63) is 45.8 Å². The van der Waals surface area contributed by atoms with Crippen molar-refractivity contribution in [3.8, 4) is 0 Å². The van der Waals surface area contributed by atoms with Crippen molar-refractivity contribution in [1.29, 1.82) is 0 Å². The van der Waals surface area contributed by atoms with E-state index in [2.05, 4.69) is 5.32 Å². The molecule has 3 heterocycles. The van der Waals surface area contributed by atoms with Crippen molar-refractivity contribution >= 4 is 44.1 Å². The van der Waals surface area contributed by atoms with Gasteiger partial charge in [-0.15, -0.1) is 11.3 Å². The first kappa shape index (κ1) is 25.3. The largest absolute Gasteiger partial charge is 0.373 e. The number of nitrogens with zero attached hydrogens (tertiary/aromatic N) is 2. The van der Waals surface area contributed by atoms with E-state index >= 15 is 0 Å². The summed E-state index contributed by atoms with van der Waals surface area (Å²) in [6.07, 6.45) is 0.0552. The molecule has 188 valence electrons. The normalized spacial score (nSPS) is 20.8. The van der Waals surface area contributed by atoms with Crippen LogP contribution in [-0.2, 0) is 32.5 Å². The zero-order valence-corrected chi connectivity index (χ0v) is 21.4. The zero-order valence-electron chi connectivity index (χ0n) is 19.7. The second-order valence-corrected chi connectivity index (χ2v) is 11.9. The Morgan fingerprint density at radius 3 is 2.31 bits per heavy atom. The number of rotatable bonds is 5. The van der Waals surface area contributed by atoms with Gasteiger partial charge in [0, 0.05) is 37.0 Å². The summed E-state index contributed by atoms with van der Waals surface area (Å²) >= 11 is 1.22. The van der Waals surface area contributed by atoms with Crippen molar-refractivity contribution < 1.29 is 27.5 Å². The number of benzene rings is 1. The second kappa shape index (κ2) is 9.69. The number of hydrogen-bond donors (Lipinski definition) is 2. The summed E-state index contributed by atoms with van der Waals surface area (Å²) in [7, 11) is -3.73. The van der Waals surface area contributed by atoms with Crippen LogP contribution in [0.1, 0.15) is 51.9 Å². The van der Waals surface area contributed by atoms with Crippen LogP contribution in [0.25, 0.3) is 0 Å². The molecular formula is C23H28N4O6S2. The van der Waals surface area contributed by atoms with E-state index in [4.69, 9.17) is 10.5 Å². The maximum Gasteiger partial charge on any atom is 0.256 e. The van der Waals surface area contributed by atoms with E-state index in [9.17, 15) is 22.8 Å². The molecule has 1 saturated heterocycles. The number of thiophene rings is 1. The molecule has 0 unspecified atom stereocenters. The molecule has 2 aromatic rings. The minimum atomic E-state index is -3.73. The van der Waals surface area contributed by atoms with Gasteiger partial charge in [-0.25, -0.2) is 8.42 Å². The lowest BCUT2D eigenvalue weighted by Crippen LogP contribution is -2.48. The number of amides is 3. The fourth-order valence-electron chi connectivity index (χ4n) is 4.45. The number of carbonyl (C=O) groups excluding carboxylic acids is 3. The Morgan fingerprint density at radius 2 is 1.74 bits per heavy atom. The van der Waals surface area contributed by atoms with Gasteiger partial charge in [0.15, 0.2) is 0 Å². The molecule has 2 atom stereocenters. The van der Waals surface area contributed by atoms with E-state index in [-0.39, 0.29) is 47.2 Å². The van der Waals surface area contributed by atoms with E-state index in [1.165, 1.54) is 46.8 Å². The van der Waals surface area contributed by atoms with Gasteiger partial charge in [0.05, 0.1) is 29.2 Å². The summed E-state index contributed by atoms with van der Waals surface area (Å²) in [5.41, 5.74) is 6.86. The molecule has 0 spiro atoms. The topological polar surface area (TPSA) is 139 Å². The number of nitrogens with one attached hydrogen (secondary N) is 1. The molecule has 3 N–H and O–H groups in total. The average molecular weight is 521 g/mol. The number of primary amides is 1. The predicted octanol–water partition coefficient (Wildman–Crippen LogP) is 1.80. The number of anilines is 1. The van der Waals surface area contributed by atoms with Crippen molar-refractivity contribution in [2.24, 2.45) is 5.73 Å². The van der Waals surface area contributed by atoms with Crippen molar-refractivity contribution in [2.45, 2.75) is 50.8 Å². The molecule has 2 aliphatic rings. The van der Waals surface area contributed by atoms with E-state index < -0.39 is 21.8 Å². The smallest absolute Gasteiger partial charge is 0.256 e. The molecule has 12 heteroatoms. The summed E-state index contributed by atoms with van der Waals surface area (Å²) in [6, 6.07) is 5.66. The molecule has 10 nitrogen and oxygen atoms in total. The van der Waals surface area contributed by atoms with Crippen LogP contribution >= 0.6 is 11.3 Å². The first-order chi connectivity index (χ1) is 16.5. The van der Waals surface area contributed by atoms with Gasteiger partial charge in [0.25, 0.3) is 11.8 Å². The molecule has 0 radical (unpaired) electrons. The number of morpholine rings is 1. The predicted molar refractivity (Wildman–Crippen MR) is 131 cm³/mol. The fraction of sp³-hybridized carbons (Fsp3) is 0.435. The van der Waals surface area contributed by atoms with Crippen LogP contribution in [0.5, 0.6) is 0 Å². The standard InChI is InChI=1S/C23H28N4O6S2/c1-13-10-27(11-14(2)33-13)35(31,32)17-6-4-16(5-7-17)22(30)25-23-20(21(24)29)18-8-9-26(15(3)28)12-19(18)34-23/h4-7,13-14H,8-12H2,1-3H3,(H2,24,29)(H,25,30)/t13-,14-/m0/s1. The minimum Gasteiger partial charge on any atom is -0.373 e. The maximum atomic E-state index is 13.0. The van der Waals surface area contributed by atoms with Gasteiger partial charge < -0.3 is 20.7 Å². The number of nitrogens with two attached hydrogens (primary N) is 1. The Bertz CT molecular complexity index is 1260. The number of hydrogen-bond acceptors (Lipinski definition) is 7. The van der Waals surface area contributed by atoms with Crippen LogP contribution in [0, 0.1) is 0 Å². The quantitative estimate of drug-likeness (QED) is 0.616. The van der Waals surface area contributed by atoms with Crippen LogP contribution in [0.2, 0.25) is 0 Å². The summed E-state index contributed by atoms with van der Waals surface area (Å²) in [5, 5.41) is 3.07. The molecule has 0 bridgehead atoms. The number of fused-ring (bicyclic) bond motifs is 1. The van der Waals surface area contributed by atoms with Gasteiger partial charge in [0.2, 0.25) is 15.9 Å². The van der Waals surface area contributed by atoms with E-state index in [0.29, 0.717) is 24.5 Å². The van der Waals surface area contributed by atoms with Gasteiger partial charge in [-0.2, -0.15) is 4.31 Å². The molecule has 0 saturated carbocycles. The molecular weight excluding hydrogens is 492 g/mol. The molecule has 1 aromatic heterocycles.